The SMILES string of the molecule is CCCCCCCCCCCCOCCOCCOP(=O)(O)OCC[N+](C)(C)C. The summed E-state index contributed by atoms with van der Waals surface area (Å²) in [6.07, 6.45) is 13.2. The van der Waals surface area contributed by atoms with E-state index in [-0.39, 0.29) is 19.8 Å². The largest absolute Gasteiger partial charge is 0.472 e. The first-order valence-electron chi connectivity index (χ1n) is 11.3. The van der Waals surface area contributed by atoms with Crippen molar-refractivity contribution in [2.75, 3.05) is 67.3 Å². The predicted molar refractivity (Wildman–Crippen MR) is 118 cm³/mol. The minimum absolute atomic E-state index is 0.0244. The molecule has 176 valence electrons. The zero-order chi connectivity index (χ0) is 21.8. The smallest absolute Gasteiger partial charge is 0.379 e. The summed E-state index contributed by atoms with van der Waals surface area (Å²) in [5.41, 5.74) is 0. The molecule has 0 saturated heterocycles. The zero-order valence-corrected chi connectivity index (χ0v) is 20.3. The van der Waals surface area contributed by atoms with E-state index >= 15 is 0 Å². The van der Waals surface area contributed by atoms with Gasteiger partial charge in [0.25, 0.3) is 0 Å². The van der Waals surface area contributed by atoms with Gasteiger partial charge in [0.1, 0.15) is 13.2 Å². The number of rotatable bonds is 22. The average molecular weight is 441 g/mol. The van der Waals surface area contributed by atoms with Gasteiger partial charge in [0.05, 0.1) is 47.6 Å². The molecule has 0 heterocycles. The summed E-state index contributed by atoms with van der Waals surface area (Å²) in [4.78, 5) is 9.56. The van der Waals surface area contributed by atoms with Crippen molar-refractivity contribution in [2.45, 2.75) is 71.1 Å². The lowest BCUT2D eigenvalue weighted by molar-refractivity contribution is -0.870. The Morgan fingerprint density at radius 3 is 1.66 bits per heavy atom. The van der Waals surface area contributed by atoms with Crippen LogP contribution in [0.2, 0.25) is 0 Å². The van der Waals surface area contributed by atoms with Crippen LogP contribution in [0.1, 0.15) is 71.1 Å². The van der Waals surface area contributed by atoms with E-state index in [2.05, 4.69) is 6.92 Å². The van der Waals surface area contributed by atoms with Crippen molar-refractivity contribution in [1.82, 2.24) is 0 Å². The molecule has 0 saturated carbocycles. The molecule has 1 atom stereocenters. The monoisotopic (exact) mass is 440 g/mol. The Bertz CT molecular complexity index is 403. The average Bonchev–Trinajstić information content (AvgIpc) is 2.63. The maximum Gasteiger partial charge on any atom is 0.472 e. The molecule has 0 rings (SSSR count). The van der Waals surface area contributed by atoms with E-state index in [0.717, 1.165) is 13.0 Å². The number of hydrogen-bond acceptors (Lipinski definition) is 5. The lowest BCUT2D eigenvalue weighted by Crippen LogP contribution is -2.37. The van der Waals surface area contributed by atoms with E-state index in [0.29, 0.717) is 24.2 Å². The van der Waals surface area contributed by atoms with Crippen molar-refractivity contribution in [3.63, 3.8) is 0 Å². The topological polar surface area (TPSA) is 74.2 Å². The maximum atomic E-state index is 11.7. The number of phosphoric ester groups is 1. The number of unbranched alkanes of at least 4 members (excludes halogenated alkanes) is 9. The lowest BCUT2D eigenvalue weighted by atomic mass is 10.1. The Morgan fingerprint density at radius 2 is 1.10 bits per heavy atom. The van der Waals surface area contributed by atoms with Crippen LogP contribution in [-0.4, -0.2) is 76.7 Å². The molecule has 7 nitrogen and oxygen atoms in total. The van der Waals surface area contributed by atoms with Crippen molar-refractivity contribution in [1.29, 1.82) is 0 Å². The molecule has 0 spiro atoms. The number of quaternary nitrogens is 1. The minimum atomic E-state index is -3.99. The van der Waals surface area contributed by atoms with E-state index < -0.39 is 7.82 Å². The molecule has 0 aliphatic carbocycles. The predicted octanol–water partition coefficient (Wildman–Crippen LogP) is 4.78. The highest BCUT2D eigenvalue weighted by Crippen LogP contribution is 2.42. The second-order valence-electron chi connectivity index (χ2n) is 8.56. The van der Waals surface area contributed by atoms with Crippen molar-refractivity contribution < 1.29 is 32.5 Å². The minimum Gasteiger partial charge on any atom is -0.379 e. The summed E-state index contributed by atoms with van der Waals surface area (Å²) in [5.74, 6) is 0. The number of ether oxygens (including phenoxy) is 2. The Balaban J connectivity index is 3.28. The maximum absolute atomic E-state index is 11.7. The van der Waals surface area contributed by atoms with Gasteiger partial charge in [-0.05, 0) is 6.42 Å². The van der Waals surface area contributed by atoms with Crippen LogP contribution >= 0.6 is 7.82 Å². The van der Waals surface area contributed by atoms with Crippen molar-refractivity contribution in [3.05, 3.63) is 0 Å². The molecule has 1 unspecified atom stereocenters. The summed E-state index contributed by atoms with van der Waals surface area (Å²) in [5, 5.41) is 0. The summed E-state index contributed by atoms with van der Waals surface area (Å²) in [7, 11) is 1.97. The summed E-state index contributed by atoms with van der Waals surface area (Å²) < 4.78 is 33.0. The first-order chi connectivity index (χ1) is 13.8. The molecular formula is C21H47NO6P+. The third kappa shape index (κ3) is 24.1. The number of phosphoric acid groups is 1. The summed E-state index contributed by atoms with van der Waals surface area (Å²) >= 11 is 0. The zero-order valence-electron chi connectivity index (χ0n) is 19.4. The van der Waals surface area contributed by atoms with Gasteiger partial charge in [-0.3, -0.25) is 9.05 Å². The normalized spacial score (nSPS) is 14.2. The Kier molecular flexibility index (Phi) is 18.7. The highest BCUT2D eigenvalue weighted by Gasteiger charge is 2.22. The van der Waals surface area contributed by atoms with Crippen LogP contribution < -0.4 is 0 Å². The van der Waals surface area contributed by atoms with Crippen molar-refractivity contribution in [3.8, 4) is 0 Å². The van der Waals surface area contributed by atoms with Crippen molar-refractivity contribution >= 4 is 7.82 Å². The Labute approximate surface area is 179 Å². The molecule has 0 aliphatic heterocycles. The number of hydrogen-bond donors (Lipinski definition) is 1. The molecule has 0 amide bonds. The van der Waals surface area contributed by atoms with E-state index in [9.17, 15) is 9.46 Å². The van der Waals surface area contributed by atoms with Gasteiger partial charge in [-0.25, -0.2) is 4.57 Å². The molecule has 29 heavy (non-hydrogen) atoms. The quantitative estimate of drug-likeness (QED) is 0.148. The van der Waals surface area contributed by atoms with Crippen LogP contribution in [0.5, 0.6) is 0 Å². The van der Waals surface area contributed by atoms with Gasteiger partial charge < -0.3 is 18.9 Å². The van der Waals surface area contributed by atoms with E-state index in [1.54, 1.807) is 0 Å². The highest BCUT2D eigenvalue weighted by atomic mass is 31.2. The Hall–Kier alpha value is -0.0100. The molecule has 0 aromatic carbocycles. The summed E-state index contributed by atoms with van der Waals surface area (Å²) in [6.45, 7) is 5.08. The molecule has 0 fully saturated rings. The standard InChI is InChI=1S/C21H46NO6P/c1-5-6-7-8-9-10-11-12-13-14-16-25-18-19-26-20-21-28-29(23,24)27-17-15-22(2,3)4/h5-21H2,1-4H3/p+1. The molecule has 8 heteroatoms. The van der Waals surface area contributed by atoms with Gasteiger partial charge in [-0.1, -0.05) is 64.7 Å². The Morgan fingerprint density at radius 1 is 0.655 bits per heavy atom. The van der Waals surface area contributed by atoms with Gasteiger partial charge in [-0.15, -0.1) is 0 Å². The van der Waals surface area contributed by atoms with Crippen LogP contribution in [0.15, 0.2) is 0 Å². The highest BCUT2D eigenvalue weighted by molar-refractivity contribution is 7.47. The van der Waals surface area contributed by atoms with Gasteiger partial charge in [-0.2, -0.15) is 0 Å². The van der Waals surface area contributed by atoms with Crippen LogP contribution in [0.4, 0.5) is 0 Å². The molecule has 0 aromatic heterocycles. The second-order valence-corrected chi connectivity index (χ2v) is 10.0. The lowest BCUT2D eigenvalue weighted by Gasteiger charge is -2.24. The molecule has 0 bridgehead atoms. The van der Waals surface area contributed by atoms with Gasteiger partial charge >= 0.3 is 7.82 Å². The molecule has 0 aliphatic rings. The van der Waals surface area contributed by atoms with E-state index in [4.69, 9.17) is 18.5 Å². The molecular weight excluding hydrogens is 393 g/mol. The number of nitrogens with zero attached hydrogens (tertiary/aromatic N) is 1. The van der Waals surface area contributed by atoms with Crippen LogP contribution in [-0.2, 0) is 23.1 Å². The van der Waals surface area contributed by atoms with Gasteiger partial charge in [0.2, 0.25) is 0 Å². The molecule has 1 N–H and O–H groups in total. The first kappa shape index (κ1) is 29.0. The van der Waals surface area contributed by atoms with Crippen molar-refractivity contribution in [2.24, 2.45) is 0 Å². The fraction of sp³-hybridized carbons (Fsp3) is 1.00. The van der Waals surface area contributed by atoms with Crippen LogP contribution in [0.25, 0.3) is 0 Å². The van der Waals surface area contributed by atoms with Gasteiger partial charge in [0.15, 0.2) is 0 Å². The van der Waals surface area contributed by atoms with Crippen LogP contribution in [0, 0.1) is 0 Å². The number of likely N-dealkylation sites (N-methyl/N-ethyl adjacent to an activating group) is 1. The first-order valence-corrected chi connectivity index (χ1v) is 12.8. The van der Waals surface area contributed by atoms with Gasteiger partial charge in [0, 0.05) is 6.61 Å². The summed E-state index contributed by atoms with van der Waals surface area (Å²) in [6, 6.07) is 0. The second kappa shape index (κ2) is 18.7. The fourth-order valence-electron chi connectivity index (χ4n) is 2.69. The third-order valence-corrected chi connectivity index (χ3v) is 5.53. The van der Waals surface area contributed by atoms with E-state index in [1.165, 1.54) is 57.8 Å². The molecule has 0 radical (unpaired) electrons. The van der Waals surface area contributed by atoms with Crippen LogP contribution in [0.3, 0.4) is 0 Å². The fourth-order valence-corrected chi connectivity index (χ4v) is 3.38. The third-order valence-electron chi connectivity index (χ3n) is 4.51. The van der Waals surface area contributed by atoms with E-state index in [1.807, 2.05) is 21.1 Å². The molecule has 0 aromatic rings.